The molecule has 0 aromatic rings. The van der Waals surface area contributed by atoms with E-state index in [0.717, 1.165) is 44.9 Å². The van der Waals surface area contributed by atoms with E-state index in [1.807, 2.05) is 6.92 Å². The summed E-state index contributed by atoms with van der Waals surface area (Å²) in [5.74, 6) is -3.23. The Bertz CT molecular complexity index is 1000. The molecular formula is C31H53N5O7. The van der Waals surface area contributed by atoms with Crippen molar-refractivity contribution < 1.29 is 33.5 Å². The molecule has 1 saturated heterocycles. The number of ether oxygens (including phenoxy) is 1. The van der Waals surface area contributed by atoms with Crippen molar-refractivity contribution in [1.82, 2.24) is 20.9 Å². The summed E-state index contributed by atoms with van der Waals surface area (Å²) in [5, 5.41) is 7.84. The molecule has 1 aliphatic heterocycles. The van der Waals surface area contributed by atoms with Crippen LogP contribution < -0.4 is 21.7 Å². The number of hydrogen-bond acceptors (Lipinski definition) is 7. The van der Waals surface area contributed by atoms with Gasteiger partial charge in [-0.25, -0.2) is 4.79 Å². The van der Waals surface area contributed by atoms with Crippen LogP contribution in [0.4, 0.5) is 4.79 Å². The van der Waals surface area contributed by atoms with E-state index in [2.05, 4.69) is 29.8 Å². The van der Waals surface area contributed by atoms with Crippen molar-refractivity contribution in [3.8, 4) is 0 Å². The highest BCUT2D eigenvalue weighted by Gasteiger charge is 2.45. The molecule has 0 aromatic carbocycles. The molecule has 4 atom stereocenters. The van der Waals surface area contributed by atoms with E-state index in [1.165, 1.54) is 11.3 Å². The summed E-state index contributed by atoms with van der Waals surface area (Å²) in [7, 11) is 0. The molecule has 5 N–H and O–H groups in total. The lowest BCUT2D eigenvalue weighted by Gasteiger charge is -2.36. The number of ketones is 1. The molecule has 3 rings (SSSR count). The number of urea groups is 1. The number of rotatable bonds is 11. The van der Waals surface area contributed by atoms with Gasteiger partial charge in [-0.15, -0.1) is 0 Å². The van der Waals surface area contributed by atoms with Crippen molar-refractivity contribution >= 4 is 35.5 Å². The smallest absolute Gasteiger partial charge is 0.325 e. The molecule has 3 aliphatic rings. The van der Waals surface area contributed by atoms with Gasteiger partial charge in [0.2, 0.25) is 17.6 Å². The van der Waals surface area contributed by atoms with Crippen LogP contribution >= 0.6 is 0 Å². The normalized spacial score (nSPS) is 21.9. The van der Waals surface area contributed by atoms with E-state index in [-0.39, 0.29) is 31.0 Å². The Morgan fingerprint density at radius 1 is 0.953 bits per heavy atom. The van der Waals surface area contributed by atoms with Crippen molar-refractivity contribution in [2.45, 2.75) is 130 Å². The Kier molecular flexibility index (Phi) is 13.9. The zero-order chi connectivity index (χ0) is 32.3. The fraction of sp³-hybridized carbons (Fsp3) is 0.806. The van der Waals surface area contributed by atoms with Crippen LogP contribution in [0.3, 0.4) is 0 Å². The van der Waals surface area contributed by atoms with Crippen molar-refractivity contribution in [3.05, 3.63) is 0 Å². The molecule has 244 valence electrons. The third kappa shape index (κ3) is 11.1. The SMILES string of the molecule is CCC.C[C@@H]1CC(C(=O)NC(CC2CCC2)C(=O)C(N)=O)N(C(=O)C(NC(=O)NCC(=O)OC2CCCC2)C(C)(C)C)C1. The van der Waals surface area contributed by atoms with Crippen LogP contribution in [0.15, 0.2) is 0 Å². The Labute approximate surface area is 256 Å². The maximum atomic E-state index is 13.8. The Hall–Kier alpha value is -3.18. The van der Waals surface area contributed by atoms with E-state index in [9.17, 15) is 28.8 Å². The highest BCUT2D eigenvalue weighted by Crippen LogP contribution is 2.32. The van der Waals surface area contributed by atoms with Gasteiger partial charge in [-0.2, -0.15) is 0 Å². The lowest BCUT2D eigenvalue weighted by atomic mass is 9.80. The van der Waals surface area contributed by atoms with Crippen molar-refractivity contribution in [2.75, 3.05) is 13.1 Å². The monoisotopic (exact) mass is 607 g/mol. The third-order valence-corrected chi connectivity index (χ3v) is 8.15. The first-order valence-electron chi connectivity index (χ1n) is 15.9. The second kappa shape index (κ2) is 16.6. The van der Waals surface area contributed by atoms with Gasteiger partial charge in [0.15, 0.2) is 0 Å². The molecule has 5 amide bonds. The molecule has 3 unspecified atom stereocenters. The van der Waals surface area contributed by atoms with Crippen molar-refractivity contribution in [3.63, 3.8) is 0 Å². The molecule has 0 spiro atoms. The van der Waals surface area contributed by atoms with Gasteiger partial charge in [0.25, 0.3) is 5.91 Å². The third-order valence-electron chi connectivity index (χ3n) is 8.15. The van der Waals surface area contributed by atoms with Crippen molar-refractivity contribution in [1.29, 1.82) is 0 Å². The summed E-state index contributed by atoms with van der Waals surface area (Å²) in [6.07, 6.45) is 8.37. The van der Waals surface area contributed by atoms with Gasteiger partial charge >= 0.3 is 12.0 Å². The molecule has 2 aliphatic carbocycles. The van der Waals surface area contributed by atoms with Crippen LogP contribution in [0.1, 0.15) is 106 Å². The molecule has 1 heterocycles. The average molecular weight is 608 g/mol. The minimum absolute atomic E-state index is 0.00331. The van der Waals surface area contributed by atoms with E-state index >= 15 is 0 Å². The highest BCUT2D eigenvalue weighted by atomic mass is 16.5. The number of nitrogens with zero attached hydrogens (tertiary/aromatic N) is 1. The standard InChI is InChI=1S/C28H45N5O7.C3H8/c1-16-12-20(25(37)31-19(22(35)24(29)36)13-17-8-7-9-17)33(15-16)26(38)23(28(2,3)4)32-27(39)30-14-21(34)40-18-10-5-6-11-18;1-3-2/h16-20,23H,5-15H2,1-4H3,(H2,29,36)(H,31,37)(H2,30,32,39);3H2,1-2H3/t16-,19?,20?,23?;/m1./s1. The Balaban J connectivity index is 0.00000206. The first-order valence-corrected chi connectivity index (χ1v) is 15.9. The molecule has 0 bridgehead atoms. The van der Waals surface area contributed by atoms with Crippen LogP contribution in [0.2, 0.25) is 0 Å². The zero-order valence-electron chi connectivity index (χ0n) is 26.8. The number of amides is 5. The van der Waals surface area contributed by atoms with Crippen LogP contribution in [0.5, 0.6) is 0 Å². The summed E-state index contributed by atoms with van der Waals surface area (Å²) >= 11 is 0. The fourth-order valence-corrected chi connectivity index (χ4v) is 5.65. The van der Waals surface area contributed by atoms with Gasteiger partial charge in [0.05, 0.1) is 6.04 Å². The maximum absolute atomic E-state index is 13.8. The summed E-state index contributed by atoms with van der Waals surface area (Å²) in [6, 6.07) is -3.60. The van der Waals surface area contributed by atoms with Gasteiger partial charge in [-0.3, -0.25) is 24.0 Å². The Morgan fingerprint density at radius 2 is 1.56 bits per heavy atom. The van der Waals surface area contributed by atoms with E-state index in [0.29, 0.717) is 12.8 Å². The first kappa shape index (κ1) is 36.0. The van der Waals surface area contributed by atoms with Gasteiger partial charge in [-0.1, -0.05) is 67.2 Å². The van der Waals surface area contributed by atoms with Crippen LogP contribution in [0.25, 0.3) is 0 Å². The molecular weight excluding hydrogens is 554 g/mol. The predicted molar refractivity (Wildman–Crippen MR) is 161 cm³/mol. The quantitative estimate of drug-likeness (QED) is 0.206. The summed E-state index contributed by atoms with van der Waals surface area (Å²) in [4.78, 5) is 77.5. The number of Topliss-reactive ketones (excluding diaryl/α,β-unsaturated/α-hetero) is 1. The zero-order valence-corrected chi connectivity index (χ0v) is 26.8. The molecule has 0 radical (unpaired) electrons. The lowest BCUT2D eigenvalue weighted by molar-refractivity contribution is -0.147. The first-order chi connectivity index (χ1) is 20.2. The van der Waals surface area contributed by atoms with Crippen LogP contribution in [-0.4, -0.2) is 77.7 Å². The topological polar surface area (TPSA) is 177 Å². The molecule has 2 saturated carbocycles. The van der Waals surface area contributed by atoms with Crippen molar-refractivity contribution in [2.24, 2.45) is 23.0 Å². The molecule has 0 aromatic heterocycles. The second-order valence-corrected chi connectivity index (χ2v) is 13.4. The number of likely N-dealkylation sites (tertiary alicyclic amines) is 1. The van der Waals surface area contributed by atoms with Gasteiger partial charge < -0.3 is 31.3 Å². The minimum Gasteiger partial charge on any atom is -0.461 e. The van der Waals surface area contributed by atoms with E-state index < -0.39 is 59.0 Å². The number of esters is 1. The lowest BCUT2D eigenvalue weighted by Crippen LogP contribution is -2.60. The largest absolute Gasteiger partial charge is 0.461 e. The number of nitrogens with two attached hydrogens (primary N) is 1. The van der Waals surface area contributed by atoms with Gasteiger partial charge in [0.1, 0.15) is 24.7 Å². The summed E-state index contributed by atoms with van der Waals surface area (Å²) in [6.45, 7) is 11.5. The van der Waals surface area contributed by atoms with Crippen LogP contribution in [-0.2, 0) is 28.7 Å². The van der Waals surface area contributed by atoms with E-state index in [1.54, 1.807) is 20.8 Å². The average Bonchev–Trinajstić information content (AvgIpc) is 3.55. The molecule has 3 fully saturated rings. The van der Waals surface area contributed by atoms with Gasteiger partial charge in [-0.05, 0) is 55.8 Å². The summed E-state index contributed by atoms with van der Waals surface area (Å²) < 4.78 is 5.36. The molecule has 12 heteroatoms. The number of carbonyl (C=O) groups is 6. The molecule has 43 heavy (non-hydrogen) atoms. The predicted octanol–water partition coefficient (Wildman–Crippen LogP) is 2.57. The fourth-order valence-electron chi connectivity index (χ4n) is 5.65. The minimum atomic E-state index is -1.10. The van der Waals surface area contributed by atoms with Gasteiger partial charge in [0, 0.05) is 6.54 Å². The number of carbonyl (C=O) groups excluding carboxylic acids is 6. The maximum Gasteiger partial charge on any atom is 0.325 e. The highest BCUT2D eigenvalue weighted by molar-refractivity contribution is 6.37. The number of nitrogens with one attached hydrogen (secondary N) is 3. The number of hydrogen-bond donors (Lipinski definition) is 4. The van der Waals surface area contributed by atoms with Crippen LogP contribution in [0, 0.1) is 17.3 Å². The number of primary amides is 1. The Morgan fingerprint density at radius 3 is 2.07 bits per heavy atom. The summed E-state index contributed by atoms with van der Waals surface area (Å²) in [5.41, 5.74) is 4.52. The second-order valence-electron chi connectivity index (χ2n) is 13.4. The molecule has 12 nitrogen and oxygen atoms in total. The van der Waals surface area contributed by atoms with E-state index in [4.69, 9.17) is 10.5 Å².